The molecular formula is C31H38N6O5. The van der Waals surface area contributed by atoms with Crippen LogP contribution >= 0.6 is 0 Å². The quantitative estimate of drug-likeness (QED) is 0.350. The van der Waals surface area contributed by atoms with Gasteiger partial charge in [0.1, 0.15) is 18.1 Å². The number of benzene rings is 2. The number of carbonyl (C=O) groups excluding carboxylic acids is 4. The molecule has 3 aromatic rings. The van der Waals surface area contributed by atoms with Crippen molar-refractivity contribution >= 4 is 23.6 Å². The molecule has 11 nitrogen and oxygen atoms in total. The molecule has 1 aromatic heterocycles. The van der Waals surface area contributed by atoms with E-state index in [0.717, 1.165) is 24.1 Å². The van der Waals surface area contributed by atoms with Crippen molar-refractivity contribution in [3.8, 4) is 0 Å². The summed E-state index contributed by atoms with van der Waals surface area (Å²) in [5.74, 6) is -1.44. The highest BCUT2D eigenvalue weighted by Crippen LogP contribution is 2.10. The molecule has 1 aliphatic rings. The lowest BCUT2D eigenvalue weighted by atomic mass is 10.0. The van der Waals surface area contributed by atoms with Gasteiger partial charge in [-0.05, 0) is 31.0 Å². The zero-order valence-electron chi connectivity index (χ0n) is 24.0. The summed E-state index contributed by atoms with van der Waals surface area (Å²) in [5, 5.41) is 15.1. The van der Waals surface area contributed by atoms with Crippen molar-refractivity contribution in [2.45, 2.75) is 57.8 Å². The normalized spacial score (nSPS) is 21.3. The Kier molecular flexibility index (Phi) is 10.8. The van der Waals surface area contributed by atoms with Gasteiger partial charge in [-0.2, -0.15) is 0 Å². The van der Waals surface area contributed by atoms with Gasteiger partial charge in [0, 0.05) is 32.0 Å². The fraction of sp³-hybridized carbons (Fsp3) is 0.387. The number of carbonyl (C=O) groups is 4. The molecule has 0 saturated heterocycles. The third-order valence-electron chi connectivity index (χ3n) is 7.01. The van der Waals surface area contributed by atoms with Crippen LogP contribution in [-0.2, 0) is 33.8 Å². The molecule has 2 heterocycles. The molecule has 2 aromatic carbocycles. The lowest BCUT2D eigenvalue weighted by molar-refractivity contribution is -0.132. The predicted molar refractivity (Wildman–Crippen MR) is 156 cm³/mol. The standard InChI is InChI=1S/C31H38N6O5/c1-3-15-37-16-14-32-29(39)25(17-22-10-6-4-7-11-22)35-30(40)26(18-23-12-8-5-9-13-23)34-28(38)21(2)33-31(41)27-19-24(20-37)42-36-27/h4-13,19,21,25-26H,3,14-18,20H2,1-2H3,(H,32,39)(H,33,41)(H,34,38)(H,35,40)/t21-,25+,26-/m0/s1. The highest BCUT2D eigenvalue weighted by molar-refractivity contribution is 5.97. The summed E-state index contributed by atoms with van der Waals surface area (Å²) in [4.78, 5) is 55.2. The average molecular weight is 575 g/mol. The lowest BCUT2D eigenvalue weighted by Gasteiger charge is -2.25. The molecule has 0 aliphatic carbocycles. The number of rotatable bonds is 6. The first-order valence-corrected chi connectivity index (χ1v) is 14.3. The number of aromatic nitrogens is 1. The fourth-order valence-electron chi connectivity index (χ4n) is 4.78. The first-order chi connectivity index (χ1) is 20.3. The SMILES string of the molecule is CCCN1CCNC(=O)[C@@H](Cc2ccccc2)NC(=O)[C@H](Cc2ccccc2)NC(=O)[C@H](C)NC(=O)c2cc(on2)C1. The van der Waals surface area contributed by atoms with E-state index in [0.29, 0.717) is 25.4 Å². The maximum Gasteiger partial charge on any atom is 0.274 e. The molecule has 4 N–H and O–H groups in total. The van der Waals surface area contributed by atoms with Crippen molar-refractivity contribution in [1.29, 1.82) is 0 Å². The third-order valence-corrected chi connectivity index (χ3v) is 7.01. The minimum absolute atomic E-state index is 0.0536. The van der Waals surface area contributed by atoms with Gasteiger partial charge in [0.2, 0.25) is 17.7 Å². The van der Waals surface area contributed by atoms with Gasteiger partial charge < -0.3 is 25.8 Å². The van der Waals surface area contributed by atoms with E-state index >= 15 is 0 Å². The first-order valence-electron chi connectivity index (χ1n) is 14.3. The van der Waals surface area contributed by atoms with Crippen LogP contribution < -0.4 is 21.3 Å². The Morgan fingerprint density at radius 2 is 1.43 bits per heavy atom. The summed E-state index contributed by atoms with van der Waals surface area (Å²) >= 11 is 0. The van der Waals surface area contributed by atoms with Gasteiger partial charge in [-0.3, -0.25) is 24.1 Å². The van der Waals surface area contributed by atoms with E-state index in [2.05, 4.69) is 31.3 Å². The third kappa shape index (κ3) is 8.74. The summed E-state index contributed by atoms with van der Waals surface area (Å²) in [6.07, 6.45) is 1.34. The molecule has 3 atom stereocenters. The van der Waals surface area contributed by atoms with Gasteiger partial charge in [0.25, 0.3) is 5.91 Å². The maximum absolute atomic E-state index is 13.7. The van der Waals surface area contributed by atoms with Crippen LogP contribution in [0.5, 0.6) is 0 Å². The number of hydrogen-bond acceptors (Lipinski definition) is 7. The molecule has 2 bridgehead atoms. The maximum atomic E-state index is 13.7. The van der Waals surface area contributed by atoms with E-state index in [4.69, 9.17) is 4.52 Å². The van der Waals surface area contributed by atoms with E-state index in [1.54, 1.807) is 6.07 Å². The molecule has 1 aliphatic heterocycles. The number of amides is 4. The van der Waals surface area contributed by atoms with E-state index < -0.39 is 35.8 Å². The minimum Gasteiger partial charge on any atom is -0.359 e. The number of hydrogen-bond donors (Lipinski definition) is 4. The lowest BCUT2D eigenvalue weighted by Crippen LogP contribution is -2.57. The number of nitrogens with zero attached hydrogens (tertiary/aromatic N) is 2. The summed E-state index contributed by atoms with van der Waals surface area (Å²) in [6.45, 7) is 5.57. The topological polar surface area (TPSA) is 146 Å². The zero-order valence-corrected chi connectivity index (χ0v) is 24.0. The highest BCUT2D eigenvalue weighted by atomic mass is 16.5. The van der Waals surface area contributed by atoms with Crippen LogP contribution in [0.15, 0.2) is 71.3 Å². The molecule has 4 amide bonds. The molecule has 0 fully saturated rings. The summed E-state index contributed by atoms with van der Waals surface area (Å²) in [5.41, 5.74) is 1.76. The Bertz CT molecular complexity index is 1350. The van der Waals surface area contributed by atoms with E-state index in [1.807, 2.05) is 67.6 Å². The van der Waals surface area contributed by atoms with E-state index in [9.17, 15) is 19.2 Å². The monoisotopic (exact) mass is 574 g/mol. The predicted octanol–water partition coefficient (Wildman–Crippen LogP) is 1.59. The summed E-state index contributed by atoms with van der Waals surface area (Å²) < 4.78 is 5.40. The van der Waals surface area contributed by atoms with Crippen molar-refractivity contribution in [3.63, 3.8) is 0 Å². The largest absolute Gasteiger partial charge is 0.359 e. The van der Waals surface area contributed by atoms with E-state index in [1.165, 1.54) is 6.92 Å². The highest BCUT2D eigenvalue weighted by Gasteiger charge is 2.29. The van der Waals surface area contributed by atoms with Crippen LogP contribution in [-0.4, -0.2) is 71.4 Å². The molecule has 11 heteroatoms. The van der Waals surface area contributed by atoms with E-state index in [-0.39, 0.29) is 24.4 Å². The van der Waals surface area contributed by atoms with Crippen molar-refractivity contribution in [2.24, 2.45) is 0 Å². The van der Waals surface area contributed by atoms with Crippen LogP contribution in [0.3, 0.4) is 0 Å². The van der Waals surface area contributed by atoms with Crippen molar-refractivity contribution in [2.75, 3.05) is 19.6 Å². The second-order valence-corrected chi connectivity index (χ2v) is 10.4. The van der Waals surface area contributed by atoms with Crippen LogP contribution in [0.4, 0.5) is 0 Å². The van der Waals surface area contributed by atoms with Gasteiger partial charge in [0.05, 0.1) is 6.54 Å². The van der Waals surface area contributed by atoms with Crippen molar-refractivity contribution in [1.82, 2.24) is 31.3 Å². The molecule has 0 unspecified atom stereocenters. The second kappa shape index (κ2) is 14.9. The van der Waals surface area contributed by atoms with Gasteiger partial charge in [-0.25, -0.2) is 0 Å². The molecule has 0 spiro atoms. The molecule has 0 saturated carbocycles. The summed E-state index contributed by atoms with van der Waals surface area (Å²) in [6, 6.07) is 17.4. The smallest absolute Gasteiger partial charge is 0.274 e. The van der Waals surface area contributed by atoms with Crippen LogP contribution in [0.1, 0.15) is 47.6 Å². The molecule has 42 heavy (non-hydrogen) atoms. The van der Waals surface area contributed by atoms with Crippen LogP contribution in [0.2, 0.25) is 0 Å². The minimum atomic E-state index is -0.997. The molecular weight excluding hydrogens is 536 g/mol. The fourth-order valence-corrected chi connectivity index (χ4v) is 4.78. The van der Waals surface area contributed by atoms with Crippen molar-refractivity contribution in [3.05, 3.63) is 89.3 Å². The zero-order chi connectivity index (χ0) is 29.9. The molecule has 0 radical (unpaired) electrons. The second-order valence-electron chi connectivity index (χ2n) is 10.4. The molecule has 4 rings (SSSR count). The van der Waals surface area contributed by atoms with Gasteiger partial charge >= 0.3 is 0 Å². The Hall–Kier alpha value is -4.51. The van der Waals surface area contributed by atoms with Crippen LogP contribution in [0.25, 0.3) is 0 Å². The van der Waals surface area contributed by atoms with Gasteiger partial charge in [0.15, 0.2) is 11.5 Å². The Morgan fingerprint density at radius 1 is 0.833 bits per heavy atom. The van der Waals surface area contributed by atoms with Crippen molar-refractivity contribution < 1.29 is 23.7 Å². The Morgan fingerprint density at radius 3 is 2.05 bits per heavy atom. The van der Waals surface area contributed by atoms with Gasteiger partial charge in [-0.15, -0.1) is 0 Å². The molecule has 222 valence electrons. The van der Waals surface area contributed by atoms with Crippen LogP contribution in [0, 0.1) is 0 Å². The van der Waals surface area contributed by atoms with Gasteiger partial charge in [-0.1, -0.05) is 72.7 Å². The summed E-state index contributed by atoms with van der Waals surface area (Å²) in [7, 11) is 0. The average Bonchev–Trinajstić information content (AvgIpc) is 3.45. The Labute approximate surface area is 245 Å². The number of nitrogens with one attached hydrogen (secondary N) is 4. The Balaban J connectivity index is 1.62. The number of fused-ring (bicyclic) bond motifs is 2. The first kappa shape index (κ1) is 30.4.